The first-order valence-electron chi connectivity index (χ1n) is 3.55. The van der Waals surface area contributed by atoms with Crippen molar-refractivity contribution < 1.29 is 53.4 Å². The van der Waals surface area contributed by atoms with Crippen molar-refractivity contribution in [2.45, 2.75) is 24.1 Å². The Labute approximate surface area is 90.5 Å². The summed E-state index contributed by atoms with van der Waals surface area (Å²) in [5, 5.41) is 7.36. The maximum atomic E-state index is 12.3. The molecule has 0 aromatic rings. The van der Waals surface area contributed by atoms with Gasteiger partial charge in [-0.3, -0.25) is 0 Å². The topological polar surface area (TPSA) is 20.2 Å². The number of halogens is 11. The van der Waals surface area contributed by atoms with Crippen molar-refractivity contribution in [3.05, 3.63) is 11.7 Å². The number of aliphatic hydroxyl groups is 1. The van der Waals surface area contributed by atoms with Gasteiger partial charge in [0.1, 0.15) is 0 Å². The van der Waals surface area contributed by atoms with Crippen LogP contribution in [0.3, 0.4) is 0 Å². The molecule has 1 nitrogen and oxygen atoms in total. The molecule has 0 amide bonds. The highest BCUT2D eigenvalue weighted by Crippen LogP contribution is 2.50. The minimum absolute atomic E-state index is 4.31. The van der Waals surface area contributed by atoms with Gasteiger partial charge in [-0.15, -0.1) is 0 Å². The van der Waals surface area contributed by atoms with Crippen LogP contribution in [0.5, 0.6) is 0 Å². The molecule has 0 saturated heterocycles. The summed E-state index contributed by atoms with van der Waals surface area (Å²) in [6.45, 7) is 0. The highest BCUT2D eigenvalue weighted by atomic mass is 19.4. The predicted molar refractivity (Wildman–Crippen MR) is 32.4 cm³/mol. The lowest BCUT2D eigenvalue weighted by atomic mass is 10.1. The first-order valence-corrected chi connectivity index (χ1v) is 3.55. The quantitative estimate of drug-likeness (QED) is 0.790. The van der Waals surface area contributed by atoms with Gasteiger partial charge in [-0.1, -0.05) is 0 Å². The second kappa shape index (κ2) is 4.24. The summed E-state index contributed by atoms with van der Waals surface area (Å²) >= 11 is 0. The SMILES string of the molecule is OC(F)(F)C(F)(F)C(F)(F)C(F)=C(F)C(F)(F)F. The fraction of sp³-hybridized carbons (Fsp3) is 0.667. The monoisotopic (exact) mass is 298 g/mol. The Bertz CT molecular complexity index is 346. The van der Waals surface area contributed by atoms with Crippen LogP contribution in [0, 0.1) is 0 Å². The first kappa shape index (κ1) is 16.9. The molecule has 18 heavy (non-hydrogen) atoms. The van der Waals surface area contributed by atoms with Crippen molar-refractivity contribution in [2.75, 3.05) is 0 Å². The second-order valence-corrected chi connectivity index (χ2v) is 2.82. The van der Waals surface area contributed by atoms with Crippen molar-refractivity contribution in [3.8, 4) is 0 Å². The zero-order valence-electron chi connectivity index (χ0n) is 7.60. The molecule has 12 heteroatoms. The van der Waals surface area contributed by atoms with Gasteiger partial charge in [-0.2, -0.15) is 43.9 Å². The van der Waals surface area contributed by atoms with Crippen LogP contribution in [-0.2, 0) is 0 Å². The fourth-order valence-electron chi connectivity index (χ4n) is 0.589. The lowest BCUT2D eigenvalue weighted by Gasteiger charge is -2.28. The van der Waals surface area contributed by atoms with E-state index in [1.165, 1.54) is 0 Å². The standard InChI is InChI=1S/C6HF11O/c7-1(2(8)4(11,12)13)3(9,10)5(14,15)6(16,17)18/h18H. The highest BCUT2D eigenvalue weighted by Gasteiger charge is 2.75. The Balaban J connectivity index is 5.83. The largest absolute Gasteiger partial charge is 0.445 e. The Hall–Kier alpha value is -1.07. The number of allylic oxidation sites excluding steroid dienone is 2. The van der Waals surface area contributed by atoms with Crippen molar-refractivity contribution in [1.29, 1.82) is 0 Å². The number of alkyl halides is 9. The zero-order chi connectivity index (χ0) is 15.2. The summed E-state index contributed by atoms with van der Waals surface area (Å²) in [6.07, 6.45) is -13.0. The third-order valence-electron chi connectivity index (χ3n) is 1.49. The minimum Gasteiger partial charge on any atom is -0.331 e. The molecular formula is C6HF11O. The van der Waals surface area contributed by atoms with Gasteiger partial charge in [0.05, 0.1) is 0 Å². The van der Waals surface area contributed by atoms with Crippen LogP contribution in [0.1, 0.15) is 0 Å². The van der Waals surface area contributed by atoms with E-state index in [2.05, 4.69) is 0 Å². The molecule has 0 aromatic carbocycles. The molecule has 108 valence electrons. The van der Waals surface area contributed by atoms with Crippen LogP contribution in [0.4, 0.5) is 48.3 Å². The molecule has 0 fully saturated rings. The van der Waals surface area contributed by atoms with Crippen molar-refractivity contribution >= 4 is 0 Å². The van der Waals surface area contributed by atoms with Crippen molar-refractivity contribution in [3.63, 3.8) is 0 Å². The Kier molecular flexibility index (Phi) is 3.99. The Morgan fingerprint density at radius 2 is 1.00 bits per heavy atom. The molecule has 0 radical (unpaired) electrons. The van der Waals surface area contributed by atoms with Crippen LogP contribution in [0.15, 0.2) is 11.7 Å². The molecule has 0 aliphatic heterocycles. The molecule has 0 saturated carbocycles. The number of hydrogen-bond acceptors (Lipinski definition) is 1. The first-order chi connectivity index (χ1) is 7.57. The van der Waals surface area contributed by atoms with Gasteiger partial charge in [0.2, 0.25) is 11.7 Å². The van der Waals surface area contributed by atoms with Gasteiger partial charge in [0, 0.05) is 0 Å². The van der Waals surface area contributed by atoms with E-state index in [1.54, 1.807) is 0 Å². The van der Waals surface area contributed by atoms with Gasteiger partial charge in [-0.05, 0) is 0 Å². The summed E-state index contributed by atoms with van der Waals surface area (Å²) in [5.41, 5.74) is 0. The van der Waals surface area contributed by atoms with E-state index in [-0.39, 0.29) is 0 Å². The minimum atomic E-state index is -6.98. The maximum absolute atomic E-state index is 12.3. The van der Waals surface area contributed by atoms with Gasteiger partial charge in [0.15, 0.2) is 0 Å². The summed E-state index contributed by atoms with van der Waals surface area (Å²) < 4.78 is 131. The van der Waals surface area contributed by atoms with Crippen molar-refractivity contribution in [1.82, 2.24) is 0 Å². The van der Waals surface area contributed by atoms with Crippen LogP contribution in [-0.4, -0.2) is 29.2 Å². The summed E-state index contributed by atoms with van der Waals surface area (Å²) in [7, 11) is 0. The van der Waals surface area contributed by atoms with Gasteiger partial charge in [-0.25, -0.2) is 4.39 Å². The molecular weight excluding hydrogens is 297 g/mol. The maximum Gasteiger partial charge on any atom is 0.445 e. The molecule has 0 bridgehead atoms. The van der Waals surface area contributed by atoms with Gasteiger partial charge < -0.3 is 5.11 Å². The van der Waals surface area contributed by atoms with E-state index >= 15 is 0 Å². The van der Waals surface area contributed by atoms with Gasteiger partial charge >= 0.3 is 24.1 Å². The van der Waals surface area contributed by atoms with E-state index in [0.29, 0.717) is 0 Å². The number of hydrogen-bond donors (Lipinski definition) is 1. The normalized spacial score (nSPS) is 16.7. The average Bonchev–Trinajstić information content (AvgIpc) is 2.11. The van der Waals surface area contributed by atoms with Crippen LogP contribution in [0.2, 0.25) is 0 Å². The zero-order valence-corrected chi connectivity index (χ0v) is 7.60. The predicted octanol–water partition coefficient (Wildman–Crippen LogP) is 3.55. The second-order valence-electron chi connectivity index (χ2n) is 2.82. The van der Waals surface area contributed by atoms with E-state index in [0.717, 1.165) is 0 Å². The molecule has 0 rings (SSSR count). The molecule has 0 aliphatic rings. The number of rotatable bonds is 3. The Morgan fingerprint density at radius 3 is 1.22 bits per heavy atom. The van der Waals surface area contributed by atoms with E-state index in [4.69, 9.17) is 5.11 Å². The highest BCUT2D eigenvalue weighted by molar-refractivity contribution is 5.18. The average molecular weight is 298 g/mol. The molecule has 0 spiro atoms. The molecule has 0 heterocycles. The van der Waals surface area contributed by atoms with Crippen LogP contribution >= 0.6 is 0 Å². The van der Waals surface area contributed by atoms with E-state index in [9.17, 15) is 48.3 Å². The summed E-state index contributed by atoms with van der Waals surface area (Å²) in [5.74, 6) is -22.7. The van der Waals surface area contributed by atoms with E-state index in [1.807, 2.05) is 0 Å². The fourth-order valence-corrected chi connectivity index (χ4v) is 0.589. The lowest BCUT2D eigenvalue weighted by Crippen LogP contribution is -2.54. The molecule has 0 aromatic heterocycles. The van der Waals surface area contributed by atoms with Crippen LogP contribution < -0.4 is 0 Å². The lowest BCUT2D eigenvalue weighted by molar-refractivity contribution is -0.378. The Morgan fingerprint density at radius 1 is 0.667 bits per heavy atom. The summed E-state index contributed by atoms with van der Waals surface area (Å²) in [6, 6.07) is 0. The summed E-state index contributed by atoms with van der Waals surface area (Å²) in [4.78, 5) is 0. The smallest absolute Gasteiger partial charge is 0.331 e. The van der Waals surface area contributed by atoms with Crippen molar-refractivity contribution in [2.24, 2.45) is 0 Å². The van der Waals surface area contributed by atoms with E-state index < -0.39 is 35.8 Å². The third kappa shape index (κ3) is 2.67. The van der Waals surface area contributed by atoms with Gasteiger partial charge in [0.25, 0.3) is 0 Å². The molecule has 1 N–H and O–H groups in total. The molecule has 0 unspecified atom stereocenters. The van der Waals surface area contributed by atoms with Crippen LogP contribution in [0.25, 0.3) is 0 Å². The third-order valence-corrected chi connectivity index (χ3v) is 1.49. The molecule has 0 aliphatic carbocycles. The molecule has 0 atom stereocenters.